The van der Waals surface area contributed by atoms with E-state index in [1.807, 2.05) is 0 Å². The number of carbonyl (C=O) groups excluding carboxylic acids is 3. The highest BCUT2D eigenvalue weighted by molar-refractivity contribution is 6.30. The zero-order chi connectivity index (χ0) is 22.7. The topological polar surface area (TPSA) is 84.9 Å². The molecule has 3 aliphatic carbocycles. The normalized spacial score (nSPS) is 28.0. The van der Waals surface area contributed by atoms with E-state index in [0.29, 0.717) is 24.8 Å². The number of ether oxygens (including phenoxy) is 2. The second-order valence-electron chi connectivity index (χ2n) is 8.44. The van der Waals surface area contributed by atoms with Gasteiger partial charge in [0.2, 0.25) is 6.10 Å². The molecule has 1 saturated heterocycles. The SMILES string of the molecule is O=C(COc1ccc(Cl)c(F)c1)NC12CC(N3C(=O)OC(c4ccc(F)cc4)C3=O)(C1)C2. The maximum Gasteiger partial charge on any atom is 0.418 e. The minimum Gasteiger partial charge on any atom is -0.484 e. The summed E-state index contributed by atoms with van der Waals surface area (Å²) in [4.78, 5) is 38.6. The molecule has 3 amide bonds. The lowest BCUT2D eigenvalue weighted by atomic mass is 9.43. The van der Waals surface area contributed by atoms with Crippen LogP contribution in [0.4, 0.5) is 13.6 Å². The van der Waals surface area contributed by atoms with E-state index in [4.69, 9.17) is 21.1 Å². The molecule has 1 heterocycles. The van der Waals surface area contributed by atoms with Gasteiger partial charge in [0.15, 0.2) is 6.61 Å². The van der Waals surface area contributed by atoms with Crippen LogP contribution < -0.4 is 10.1 Å². The first-order chi connectivity index (χ1) is 15.2. The van der Waals surface area contributed by atoms with Crippen LogP contribution in [0.1, 0.15) is 30.9 Å². The van der Waals surface area contributed by atoms with Gasteiger partial charge in [0.25, 0.3) is 11.8 Å². The van der Waals surface area contributed by atoms with Crippen molar-refractivity contribution in [3.8, 4) is 5.75 Å². The number of halogens is 3. The number of nitrogens with zero attached hydrogens (tertiary/aromatic N) is 1. The number of carbonyl (C=O) groups is 3. The zero-order valence-electron chi connectivity index (χ0n) is 16.6. The minimum absolute atomic E-state index is 0.0439. The largest absolute Gasteiger partial charge is 0.484 e. The summed E-state index contributed by atoms with van der Waals surface area (Å²) in [6.45, 7) is -0.312. The molecule has 2 aromatic rings. The Morgan fingerprint density at radius 1 is 1.16 bits per heavy atom. The Labute approximate surface area is 186 Å². The molecule has 7 nitrogen and oxygen atoms in total. The van der Waals surface area contributed by atoms with Crippen molar-refractivity contribution in [3.63, 3.8) is 0 Å². The number of cyclic esters (lactones) is 1. The first-order valence-corrected chi connectivity index (χ1v) is 10.3. The summed E-state index contributed by atoms with van der Waals surface area (Å²) in [5.41, 5.74) is -0.797. The number of imide groups is 1. The summed E-state index contributed by atoms with van der Waals surface area (Å²) in [7, 11) is 0. The summed E-state index contributed by atoms with van der Waals surface area (Å²) in [5, 5.41) is 2.82. The highest BCUT2D eigenvalue weighted by atomic mass is 35.5. The van der Waals surface area contributed by atoms with Crippen molar-refractivity contribution in [2.24, 2.45) is 0 Å². The molecular formula is C22H17ClF2N2O5. The predicted octanol–water partition coefficient (Wildman–Crippen LogP) is 3.51. The fraction of sp³-hybridized carbons (Fsp3) is 0.318. The quantitative estimate of drug-likeness (QED) is 0.710. The van der Waals surface area contributed by atoms with Crippen molar-refractivity contribution in [1.82, 2.24) is 10.2 Å². The van der Waals surface area contributed by atoms with Gasteiger partial charge in [0.05, 0.1) is 10.6 Å². The Bertz CT molecular complexity index is 1120. The molecule has 0 spiro atoms. The van der Waals surface area contributed by atoms with Crippen LogP contribution in [0.3, 0.4) is 0 Å². The van der Waals surface area contributed by atoms with E-state index in [-0.39, 0.29) is 17.4 Å². The third kappa shape index (κ3) is 3.28. The van der Waals surface area contributed by atoms with Crippen molar-refractivity contribution in [1.29, 1.82) is 0 Å². The zero-order valence-corrected chi connectivity index (χ0v) is 17.3. The standard InChI is InChI=1S/C22H17ClF2N2O5/c23-15-6-5-14(7-16(15)25)31-8-17(28)26-21-9-22(10-21,11-21)27-19(29)18(32-20(27)30)12-1-3-13(24)4-2-12/h1-7,18H,8-11H2,(H,26,28). The molecule has 1 unspecified atom stereocenters. The van der Waals surface area contributed by atoms with Crippen molar-refractivity contribution in [2.75, 3.05) is 6.61 Å². The Morgan fingerprint density at radius 3 is 2.50 bits per heavy atom. The van der Waals surface area contributed by atoms with Crippen molar-refractivity contribution in [2.45, 2.75) is 36.4 Å². The predicted molar refractivity (Wildman–Crippen MR) is 107 cm³/mol. The van der Waals surface area contributed by atoms with Gasteiger partial charge >= 0.3 is 6.09 Å². The van der Waals surface area contributed by atoms with Crippen LogP contribution in [0.5, 0.6) is 5.75 Å². The molecule has 10 heteroatoms. The molecule has 166 valence electrons. The average molecular weight is 463 g/mol. The van der Waals surface area contributed by atoms with Crippen molar-refractivity contribution < 1.29 is 32.6 Å². The van der Waals surface area contributed by atoms with Gasteiger partial charge in [-0.3, -0.25) is 9.59 Å². The van der Waals surface area contributed by atoms with Crippen LogP contribution in [0, 0.1) is 11.6 Å². The van der Waals surface area contributed by atoms with Crippen LogP contribution in [-0.4, -0.2) is 40.5 Å². The second-order valence-corrected chi connectivity index (χ2v) is 8.84. The van der Waals surface area contributed by atoms with E-state index in [1.54, 1.807) is 0 Å². The van der Waals surface area contributed by atoms with Crippen LogP contribution in [0.15, 0.2) is 42.5 Å². The molecular weight excluding hydrogens is 446 g/mol. The fourth-order valence-corrected chi connectivity index (χ4v) is 4.96. The molecule has 0 radical (unpaired) electrons. The van der Waals surface area contributed by atoms with Crippen LogP contribution in [0.2, 0.25) is 5.02 Å². The maximum absolute atomic E-state index is 13.5. The molecule has 2 aromatic carbocycles. The van der Waals surface area contributed by atoms with Crippen LogP contribution >= 0.6 is 11.6 Å². The summed E-state index contributed by atoms with van der Waals surface area (Å²) >= 11 is 5.61. The lowest BCUT2D eigenvalue weighted by Gasteiger charge is -2.71. The molecule has 1 N–H and O–H groups in total. The summed E-state index contributed by atoms with van der Waals surface area (Å²) in [6.07, 6.45) is -0.595. The Kier molecular flexibility index (Phi) is 4.63. The van der Waals surface area contributed by atoms with E-state index >= 15 is 0 Å². The monoisotopic (exact) mass is 462 g/mol. The van der Waals surface area contributed by atoms with Gasteiger partial charge < -0.3 is 14.8 Å². The first kappa shape index (κ1) is 20.7. The number of nitrogens with one attached hydrogen (secondary N) is 1. The Balaban J connectivity index is 1.17. The van der Waals surface area contributed by atoms with Crippen molar-refractivity contribution in [3.05, 3.63) is 64.7 Å². The van der Waals surface area contributed by atoms with E-state index in [0.717, 1.165) is 11.0 Å². The maximum atomic E-state index is 13.5. The van der Waals surface area contributed by atoms with Gasteiger partial charge in [0.1, 0.15) is 17.4 Å². The molecule has 4 aliphatic rings. The Hall–Kier alpha value is -3.20. The van der Waals surface area contributed by atoms with Gasteiger partial charge in [-0.2, -0.15) is 0 Å². The molecule has 0 aromatic heterocycles. The smallest absolute Gasteiger partial charge is 0.418 e. The highest BCUT2D eigenvalue weighted by Gasteiger charge is 2.75. The van der Waals surface area contributed by atoms with E-state index in [1.165, 1.54) is 36.4 Å². The summed E-state index contributed by atoms with van der Waals surface area (Å²) in [6, 6.07) is 9.09. The van der Waals surface area contributed by atoms with Gasteiger partial charge in [0, 0.05) is 17.2 Å². The number of benzene rings is 2. The minimum atomic E-state index is -1.10. The van der Waals surface area contributed by atoms with Crippen LogP contribution in [-0.2, 0) is 14.3 Å². The molecule has 3 saturated carbocycles. The summed E-state index contributed by atoms with van der Waals surface area (Å²) in [5.74, 6) is -1.81. The third-order valence-electron chi connectivity index (χ3n) is 6.16. The summed E-state index contributed by atoms with van der Waals surface area (Å²) < 4.78 is 37.1. The second kappa shape index (κ2) is 7.16. The first-order valence-electron chi connectivity index (χ1n) is 9.89. The highest BCUT2D eigenvalue weighted by Crippen LogP contribution is 2.64. The molecule has 4 fully saturated rings. The Morgan fingerprint density at radius 2 is 1.84 bits per heavy atom. The van der Waals surface area contributed by atoms with E-state index in [9.17, 15) is 23.2 Å². The molecule has 6 rings (SSSR count). The third-order valence-corrected chi connectivity index (χ3v) is 6.47. The fourth-order valence-electron chi connectivity index (χ4n) is 4.84. The van der Waals surface area contributed by atoms with Gasteiger partial charge in [-0.15, -0.1) is 0 Å². The molecule has 32 heavy (non-hydrogen) atoms. The number of hydrogen-bond acceptors (Lipinski definition) is 5. The lowest BCUT2D eigenvalue weighted by Crippen LogP contribution is -2.84. The molecule has 2 bridgehead atoms. The average Bonchev–Trinajstić information content (AvgIpc) is 2.99. The van der Waals surface area contributed by atoms with Gasteiger partial charge in [-0.25, -0.2) is 18.5 Å². The van der Waals surface area contributed by atoms with Gasteiger partial charge in [-0.05, 0) is 43.5 Å². The number of amides is 3. The lowest BCUT2D eigenvalue weighted by molar-refractivity contribution is -0.176. The van der Waals surface area contributed by atoms with Crippen LogP contribution in [0.25, 0.3) is 0 Å². The molecule has 1 aliphatic heterocycles. The number of hydrogen-bond donors (Lipinski definition) is 1. The molecule has 1 atom stereocenters. The van der Waals surface area contributed by atoms with E-state index < -0.39 is 46.7 Å². The van der Waals surface area contributed by atoms with Crippen molar-refractivity contribution >= 4 is 29.5 Å². The van der Waals surface area contributed by atoms with E-state index in [2.05, 4.69) is 5.32 Å². The van der Waals surface area contributed by atoms with Gasteiger partial charge in [-0.1, -0.05) is 23.7 Å². The number of rotatable bonds is 6.